The van der Waals surface area contributed by atoms with Crippen LogP contribution in [0.1, 0.15) is 55.5 Å². The van der Waals surface area contributed by atoms with Crippen LogP contribution in [-0.2, 0) is 6.42 Å². The summed E-state index contributed by atoms with van der Waals surface area (Å²) in [6, 6.07) is 10.9. The van der Waals surface area contributed by atoms with E-state index in [1.807, 2.05) is 10.9 Å². The Bertz CT molecular complexity index is 1110. The number of halogens is 2. The predicted molar refractivity (Wildman–Crippen MR) is 121 cm³/mol. The van der Waals surface area contributed by atoms with Crippen molar-refractivity contribution in [1.29, 1.82) is 0 Å². The third kappa shape index (κ3) is 4.75. The third-order valence-corrected chi connectivity index (χ3v) is 6.19. The van der Waals surface area contributed by atoms with Crippen LogP contribution in [0.3, 0.4) is 0 Å². The monoisotopic (exact) mass is 438 g/mol. The summed E-state index contributed by atoms with van der Waals surface area (Å²) in [5, 5.41) is 15.0. The highest BCUT2D eigenvalue weighted by molar-refractivity contribution is 5.59. The molecule has 3 aromatic rings. The largest absolute Gasteiger partial charge is 0.494 e. The van der Waals surface area contributed by atoms with E-state index in [9.17, 15) is 13.9 Å². The molecule has 0 amide bonds. The van der Waals surface area contributed by atoms with E-state index >= 15 is 0 Å². The topological polar surface area (TPSA) is 47.3 Å². The number of ether oxygens (including phenoxy) is 1. The molecule has 2 atom stereocenters. The van der Waals surface area contributed by atoms with Gasteiger partial charge in [-0.15, -0.1) is 0 Å². The van der Waals surface area contributed by atoms with Crippen molar-refractivity contribution >= 4 is 6.08 Å². The maximum atomic E-state index is 13.6. The van der Waals surface area contributed by atoms with Gasteiger partial charge in [-0.3, -0.25) is 0 Å². The van der Waals surface area contributed by atoms with Crippen molar-refractivity contribution in [2.75, 3.05) is 7.11 Å². The van der Waals surface area contributed by atoms with Gasteiger partial charge in [-0.1, -0.05) is 25.0 Å². The molecule has 6 heteroatoms. The Morgan fingerprint density at radius 2 is 1.94 bits per heavy atom. The van der Waals surface area contributed by atoms with Gasteiger partial charge in [0.2, 0.25) is 0 Å². The summed E-state index contributed by atoms with van der Waals surface area (Å²) < 4.78 is 33.7. The number of hydrogen-bond donors (Lipinski definition) is 1. The first-order valence-electron chi connectivity index (χ1n) is 11.0. The van der Waals surface area contributed by atoms with Crippen molar-refractivity contribution in [3.8, 4) is 11.4 Å². The Labute approximate surface area is 187 Å². The highest BCUT2D eigenvalue weighted by Crippen LogP contribution is 2.33. The molecule has 4 rings (SSSR count). The van der Waals surface area contributed by atoms with Crippen molar-refractivity contribution in [3.63, 3.8) is 0 Å². The number of rotatable bonds is 8. The minimum Gasteiger partial charge on any atom is -0.494 e. The van der Waals surface area contributed by atoms with Gasteiger partial charge >= 0.3 is 0 Å². The van der Waals surface area contributed by atoms with Gasteiger partial charge in [-0.2, -0.15) is 5.10 Å². The van der Waals surface area contributed by atoms with Crippen LogP contribution in [0.15, 0.2) is 54.2 Å². The smallest absolute Gasteiger partial charge is 0.165 e. The zero-order valence-electron chi connectivity index (χ0n) is 18.4. The highest BCUT2D eigenvalue weighted by atomic mass is 19.1. The Morgan fingerprint density at radius 1 is 1.16 bits per heavy atom. The van der Waals surface area contributed by atoms with Crippen molar-refractivity contribution in [3.05, 3.63) is 82.7 Å². The molecule has 0 unspecified atom stereocenters. The summed E-state index contributed by atoms with van der Waals surface area (Å²) in [6.45, 7) is 2.23. The highest BCUT2D eigenvalue weighted by Gasteiger charge is 2.22. The number of aliphatic hydroxyl groups excluding tert-OH is 1. The molecule has 1 heterocycles. The molecule has 0 bridgehead atoms. The van der Waals surface area contributed by atoms with Crippen LogP contribution in [0.4, 0.5) is 8.78 Å². The fourth-order valence-corrected chi connectivity index (χ4v) is 4.31. The Kier molecular flexibility index (Phi) is 6.70. The number of allylic oxidation sites excluding steroid dienone is 1. The number of aliphatic hydroxyl groups is 1. The molecular weight excluding hydrogens is 410 g/mol. The first-order valence-corrected chi connectivity index (χ1v) is 11.0. The molecule has 0 saturated carbocycles. The van der Waals surface area contributed by atoms with Gasteiger partial charge in [0.05, 0.1) is 30.8 Å². The zero-order valence-corrected chi connectivity index (χ0v) is 18.4. The molecule has 0 aliphatic heterocycles. The van der Waals surface area contributed by atoms with Crippen molar-refractivity contribution in [2.24, 2.45) is 5.92 Å². The normalized spacial score (nSPS) is 16.4. The molecule has 0 fully saturated rings. The van der Waals surface area contributed by atoms with E-state index in [0.717, 1.165) is 37.1 Å². The lowest BCUT2D eigenvalue weighted by Gasteiger charge is -2.22. The molecule has 0 saturated heterocycles. The van der Waals surface area contributed by atoms with Crippen LogP contribution in [0.2, 0.25) is 0 Å². The lowest BCUT2D eigenvalue weighted by Crippen LogP contribution is -2.11. The molecule has 1 aliphatic carbocycles. The van der Waals surface area contributed by atoms with Gasteiger partial charge in [-0.25, -0.2) is 13.5 Å². The SMILES string of the molecule is COc1cc([C@H](O)CCCCC2=Cc3c(cnn3-c3ccc(F)cc3)C[C@H]2C)ccc1F. The minimum absolute atomic E-state index is 0.149. The quantitative estimate of drug-likeness (QED) is 0.437. The van der Waals surface area contributed by atoms with Gasteiger partial charge in [-0.05, 0) is 85.2 Å². The first-order chi connectivity index (χ1) is 15.5. The van der Waals surface area contributed by atoms with E-state index in [2.05, 4.69) is 18.1 Å². The number of fused-ring (bicyclic) bond motifs is 1. The molecule has 1 N–H and O–H groups in total. The zero-order chi connectivity index (χ0) is 22.7. The molecule has 0 spiro atoms. The first kappa shape index (κ1) is 22.2. The van der Waals surface area contributed by atoms with E-state index in [-0.39, 0.29) is 11.6 Å². The van der Waals surface area contributed by atoms with Gasteiger partial charge in [0.15, 0.2) is 11.6 Å². The van der Waals surface area contributed by atoms with Crippen LogP contribution < -0.4 is 4.74 Å². The second-order valence-corrected chi connectivity index (χ2v) is 8.42. The van der Waals surface area contributed by atoms with Gasteiger partial charge in [0, 0.05) is 0 Å². The summed E-state index contributed by atoms with van der Waals surface area (Å²) >= 11 is 0. The number of aromatic nitrogens is 2. The lowest BCUT2D eigenvalue weighted by atomic mass is 9.85. The Morgan fingerprint density at radius 3 is 2.69 bits per heavy atom. The summed E-state index contributed by atoms with van der Waals surface area (Å²) in [6.07, 6.45) is 7.75. The van der Waals surface area contributed by atoms with E-state index in [4.69, 9.17) is 4.74 Å². The number of hydrogen-bond acceptors (Lipinski definition) is 3. The molecule has 32 heavy (non-hydrogen) atoms. The van der Waals surface area contributed by atoms with Crippen LogP contribution in [0.25, 0.3) is 11.8 Å². The number of benzene rings is 2. The Hall–Kier alpha value is -2.99. The molecule has 0 radical (unpaired) electrons. The van der Waals surface area contributed by atoms with Crippen LogP contribution in [0, 0.1) is 17.6 Å². The average molecular weight is 439 g/mol. The second-order valence-electron chi connectivity index (χ2n) is 8.42. The van der Waals surface area contributed by atoms with E-state index in [0.29, 0.717) is 17.9 Å². The standard InChI is InChI=1S/C26H28F2N2O2/c1-17-13-20-16-29-30(22-10-8-21(27)9-11-22)24(20)14-18(17)5-3-4-6-25(31)19-7-12-23(28)26(15-19)32-2/h7-12,14-17,25,31H,3-6,13H2,1-2H3/t17-,25-/m1/s1. The maximum absolute atomic E-state index is 13.6. The lowest BCUT2D eigenvalue weighted by molar-refractivity contribution is 0.163. The Balaban J connectivity index is 1.38. The molecule has 2 aromatic carbocycles. The van der Waals surface area contributed by atoms with Gasteiger partial charge < -0.3 is 9.84 Å². The average Bonchev–Trinajstić information content (AvgIpc) is 3.19. The predicted octanol–water partition coefficient (Wildman–Crippen LogP) is 6.03. The van der Waals surface area contributed by atoms with Gasteiger partial charge in [0.1, 0.15) is 5.82 Å². The van der Waals surface area contributed by atoms with Crippen molar-refractivity contribution < 1.29 is 18.6 Å². The molecular formula is C26H28F2N2O2. The fourth-order valence-electron chi connectivity index (χ4n) is 4.31. The molecule has 168 valence electrons. The van der Waals surface area contributed by atoms with Crippen LogP contribution in [0.5, 0.6) is 5.75 Å². The number of methoxy groups -OCH3 is 1. The summed E-state index contributed by atoms with van der Waals surface area (Å²) in [5.41, 5.74) is 5.13. The molecule has 1 aromatic heterocycles. The summed E-state index contributed by atoms with van der Waals surface area (Å²) in [4.78, 5) is 0. The number of nitrogens with zero attached hydrogens (tertiary/aromatic N) is 2. The third-order valence-electron chi connectivity index (χ3n) is 6.19. The number of unbranched alkanes of at least 4 members (excludes halogenated alkanes) is 1. The van der Waals surface area contributed by atoms with E-state index < -0.39 is 11.9 Å². The van der Waals surface area contributed by atoms with Crippen molar-refractivity contribution in [1.82, 2.24) is 9.78 Å². The van der Waals surface area contributed by atoms with Crippen molar-refractivity contribution in [2.45, 2.75) is 45.1 Å². The maximum Gasteiger partial charge on any atom is 0.165 e. The van der Waals surface area contributed by atoms with Gasteiger partial charge in [0.25, 0.3) is 0 Å². The summed E-state index contributed by atoms with van der Waals surface area (Å²) in [5.74, 6) is -0.113. The van der Waals surface area contributed by atoms with Crippen LogP contribution in [-0.4, -0.2) is 22.0 Å². The molecule has 4 nitrogen and oxygen atoms in total. The van der Waals surface area contributed by atoms with E-state index in [1.165, 1.54) is 36.4 Å². The van der Waals surface area contributed by atoms with E-state index in [1.54, 1.807) is 24.3 Å². The second kappa shape index (κ2) is 9.65. The summed E-state index contributed by atoms with van der Waals surface area (Å²) in [7, 11) is 1.42. The minimum atomic E-state index is -0.645. The molecule has 1 aliphatic rings. The fraction of sp³-hybridized carbons (Fsp3) is 0.346. The van der Waals surface area contributed by atoms with Crippen LogP contribution >= 0.6 is 0 Å².